The van der Waals surface area contributed by atoms with E-state index in [0.29, 0.717) is 11.5 Å². The minimum atomic E-state index is -0.0390. The van der Waals surface area contributed by atoms with E-state index in [0.717, 1.165) is 32.4 Å². The van der Waals surface area contributed by atoms with E-state index in [1.807, 2.05) is 54.0 Å². The van der Waals surface area contributed by atoms with Gasteiger partial charge in [-0.1, -0.05) is 177 Å². The summed E-state index contributed by atoms with van der Waals surface area (Å²) in [5.74, 6) is 5.63. The topological polar surface area (TPSA) is 40.5 Å². The molecule has 6 heteroatoms. The van der Waals surface area contributed by atoms with Crippen molar-refractivity contribution >= 4 is 47.0 Å². The Hall–Kier alpha value is -0.560. The molecule has 2 aromatic rings. The van der Waals surface area contributed by atoms with Crippen LogP contribution in [0.1, 0.15) is 225 Å². The highest BCUT2D eigenvalue weighted by Gasteiger charge is 2.24. The normalized spacial score (nSPS) is 11.6. The van der Waals surface area contributed by atoms with Gasteiger partial charge in [-0.25, -0.2) is 0 Å². The standard InChI is InChI=1S/C27H48OS2.C24H42OS2/c1-7-9-11-13-15-17-19-29-24-21-23(27(4,5)6)25(28)26(22(24)3)30-20-18-16-14-12-10-8-2;1-5-7-9-11-13-15-17-26-22-19-20(3)23(25)24(21(22)4)27-18-16-14-12-10-8-6-2/h21,28H,7-20H2,1-6H3;19,25H,5-18H2,1-4H3. The van der Waals surface area contributed by atoms with Crippen LogP contribution >= 0.6 is 47.0 Å². The highest BCUT2D eigenvalue weighted by Crippen LogP contribution is 2.45. The summed E-state index contributed by atoms with van der Waals surface area (Å²) in [7, 11) is 0. The van der Waals surface area contributed by atoms with Gasteiger partial charge in [-0.2, -0.15) is 0 Å². The third kappa shape index (κ3) is 23.9. The third-order valence-electron chi connectivity index (χ3n) is 10.9. The number of thioether (sulfide) groups is 4. The molecule has 2 N–H and O–H groups in total. The molecule has 0 amide bonds. The van der Waals surface area contributed by atoms with Crippen LogP contribution in [0.2, 0.25) is 0 Å². The van der Waals surface area contributed by atoms with Crippen LogP contribution < -0.4 is 0 Å². The number of aromatic hydroxyl groups is 2. The highest BCUT2D eigenvalue weighted by molar-refractivity contribution is 8.00. The zero-order chi connectivity index (χ0) is 42.3. The van der Waals surface area contributed by atoms with Crippen LogP contribution in [0, 0.1) is 20.8 Å². The Morgan fingerprint density at radius 3 is 1.05 bits per heavy atom. The Bertz CT molecular complexity index is 1300. The van der Waals surface area contributed by atoms with Crippen LogP contribution in [0.25, 0.3) is 0 Å². The zero-order valence-corrected chi connectivity index (χ0v) is 42.2. The number of phenolic OH excluding ortho intramolecular Hbond substituents is 2. The first-order valence-corrected chi connectivity index (χ1v) is 27.6. The van der Waals surface area contributed by atoms with E-state index in [1.54, 1.807) is 0 Å². The molecule has 2 nitrogen and oxygen atoms in total. The second kappa shape index (κ2) is 34.1. The van der Waals surface area contributed by atoms with Gasteiger partial charge in [0.25, 0.3) is 0 Å². The van der Waals surface area contributed by atoms with E-state index in [1.165, 1.54) is 187 Å². The van der Waals surface area contributed by atoms with Crippen molar-refractivity contribution in [2.75, 3.05) is 23.0 Å². The van der Waals surface area contributed by atoms with Crippen molar-refractivity contribution in [3.8, 4) is 11.5 Å². The molecule has 0 aliphatic rings. The Morgan fingerprint density at radius 1 is 0.404 bits per heavy atom. The van der Waals surface area contributed by atoms with E-state index < -0.39 is 0 Å². The zero-order valence-electron chi connectivity index (χ0n) is 39.0. The maximum atomic E-state index is 11.1. The maximum absolute atomic E-state index is 11.1. The summed E-state index contributed by atoms with van der Waals surface area (Å²) in [5, 5.41) is 21.6. The molecule has 330 valence electrons. The minimum absolute atomic E-state index is 0.0390. The highest BCUT2D eigenvalue weighted by atomic mass is 32.2. The number of aryl methyl sites for hydroxylation is 1. The Labute approximate surface area is 372 Å². The molecule has 2 rings (SSSR count). The molecule has 0 bridgehead atoms. The van der Waals surface area contributed by atoms with Crippen LogP contribution in [0.15, 0.2) is 31.7 Å². The molecule has 0 heterocycles. The van der Waals surface area contributed by atoms with Crippen LogP contribution in [-0.4, -0.2) is 33.2 Å². The number of hydrogen-bond acceptors (Lipinski definition) is 6. The Morgan fingerprint density at radius 2 is 0.702 bits per heavy atom. The molecular formula is C51H90O2S4. The van der Waals surface area contributed by atoms with Gasteiger partial charge in [0.05, 0.1) is 9.79 Å². The number of rotatable bonds is 32. The van der Waals surface area contributed by atoms with Crippen LogP contribution in [-0.2, 0) is 5.41 Å². The van der Waals surface area contributed by atoms with E-state index in [4.69, 9.17) is 0 Å². The fraction of sp³-hybridized carbons (Fsp3) is 0.765. The second-order valence-corrected chi connectivity index (χ2v) is 21.9. The molecular weight excluding hydrogens is 773 g/mol. The summed E-state index contributed by atoms with van der Waals surface area (Å²) < 4.78 is 0. The van der Waals surface area contributed by atoms with Gasteiger partial charge in [0, 0.05) is 15.4 Å². The fourth-order valence-corrected chi connectivity index (χ4v) is 11.7. The summed E-state index contributed by atoms with van der Waals surface area (Å²) in [6.45, 7) is 22.1. The molecule has 0 atom stereocenters. The first-order chi connectivity index (χ1) is 27.4. The number of benzene rings is 2. The lowest BCUT2D eigenvalue weighted by molar-refractivity contribution is 0.432. The molecule has 0 spiro atoms. The summed E-state index contributed by atoms with van der Waals surface area (Å²) >= 11 is 7.70. The van der Waals surface area contributed by atoms with Gasteiger partial charge in [0.2, 0.25) is 0 Å². The molecule has 0 saturated heterocycles. The quantitative estimate of drug-likeness (QED) is 0.0564. The van der Waals surface area contributed by atoms with Gasteiger partial charge in [-0.15, -0.1) is 47.0 Å². The van der Waals surface area contributed by atoms with Crippen molar-refractivity contribution in [1.29, 1.82) is 0 Å². The van der Waals surface area contributed by atoms with Gasteiger partial charge < -0.3 is 10.2 Å². The molecule has 57 heavy (non-hydrogen) atoms. The molecule has 0 unspecified atom stereocenters. The second-order valence-electron chi connectivity index (χ2n) is 17.4. The number of hydrogen-bond donors (Lipinski definition) is 2. The predicted molar refractivity (Wildman–Crippen MR) is 266 cm³/mol. The number of phenols is 2. The van der Waals surface area contributed by atoms with Crippen LogP contribution in [0.3, 0.4) is 0 Å². The van der Waals surface area contributed by atoms with Crippen molar-refractivity contribution in [3.05, 3.63) is 34.4 Å². The maximum Gasteiger partial charge on any atom is 0.133 e. The SMILES string of the molecule is CCCCCCCCSc1cc(C(C)(C)C)c(O)c(SCCCCCCCC)c1C.CCCCCCCCSc1cc(C)c(O)c(SCCCCCCCC)c1C. The lowest BCUT2D eigenvalue weighted by atomic mass is 9.86. The van der Waals surface area contributed by atoms with Crippen molar-refractivity contribution in [1.82, 2.24) is 0 Å². The van der Waals surface area contributed by atoms with Crippen molar-refractivity contribution in [2.45, 2.75) is 248 Å². The monoisotopic (exact) mass is 863 g/mol. The minimum Gasteiger partial charge on any atom is -0.506 e. The molecule has 0 aliphatic heterocycles. The molecule has 0 aromatic heterocycles. The lowest BCUT2D eigenvalue weighted by Gasteiger charge is -2.25. The van der Waals surface area contributed by atoms with Gasteiger partial charge >= 0.3 is 0 Å². The van der Waals surface area contributed by atoms with Crippen molar-refractivity contribution in [2.24, 2.45) is 0 Å². The summed E-state index contributed by atoms with van der Waals surface area (Å²) in [5.41, 5.74) is 4.65. The largest absolute Gasteiger partial charge is 0.506 e. The first kappa shape index (κ1) is 54.5. The van der Waals surface area contributed by atoms with Crippen molar-refractivity contribution < 1.29 is 10.2 Å². The first-order valence-electron chi connectivity index (χ1n) is 23.7. The average Bonchev–Trinajstić information content (AvgIpc) is 3.18. The third-order valence-corrected chi connectivity index (χ3v) is 15.9. The van der Waals surface area contributed by atoms with Gasteiger partial charge in [0.15, 0.2) is 0 Å². The van der Waals surface area contributed by atoms with Gasteiger partial charge in [0.1, 0.15) is 11.5 Å². The van der Waals surface area contributed by atoms with E-state index in [-0.39, 0.29) is 5.41 Å². The van der Waals surface area contributed by atoms with E-state index in [2.05, 4.69) is 74.4 Å². The Kier molecular flexibility index (Phi) is 32.6. The van der Waals surface area contributed by atoms with E-state index >= 15 is 0 Å². The number of unbranched alkanes of at least 4 members (excludes halogenated alkanes) is 20. The Balaban J connectivity index is 0.000000573. The fourth-order valence-electron chi connectivity index (χ4n) is 7.03. The summed E-state index contributed by atoms with van der Waals surface area (Å²) in [4.78, 5) is 4.98. The van der Waals surface area contributed by atoms with Crippen molar-refractivity contribution in [3.63, 3.8) is 0 Å². The predicted octanol–water partition coefficient (Wildman–Crippen LogP) is 18.8. The van der Waals surface area contributed by atoms with Gasteiger partial charge in [-0.05, 0) is 104 Å². The van der Waals surface area contributed by atoms with Crippen LogP contribution in [0.4, 0.5) is 0 Å². The van der Waals surface area contributed by atoms with E-state index in [9.17, 15) is 10.2 Å². The molecule has 0 radical (unpaired) electrons. The van der Waals surface area contributed by atoms with Gasteiger partial charge in [-0.3, -0.25) is 0 Å². The molecule has 0 fully saturated rings. The lowest BCUT2D eigenvalue weighted by Crippen LogP contribution is -2.12. The molecule has 0 aliphatic carbocycles. The molecule has 0 saturated carbocycles. The summed E-state index contributed by atoms with van der Waals surface area (Å²) in [6, 6.07) is 4.45. The molecule has 2 aromatic carbocycles. The smallest absolute Gasteiger partial charge is 0.133 e. The summed E-state index contributed by atoms with van der Waals surface area (Å²) in [6.07, 6.45) is 32.1. The average molecular weight is 864 g/mol. The van der Waals surface area contributed by atoms with Crippen LogP contribution in [0.5, 0.6) is 11.5 Å².